The number of rotatable bonds is 10. The Hall–Kier alpha value is -7.39. The highest BCUT2D eigenvalue weighted by Gasteiger charge is 2.44. The molecule has 0 unspecified atom stereocenters. The molecule has 6 rings (SSSR count). The summed E-state index contributed by atoms with van der Waals surface area (Å²) in [6.45, 7) is 0.938. The molecular weight excluding hydrogens is 1020 g/mol. The summed E-state index contributed by atoms with van der Waals surface area (Å²) in [5.74, 6) is -81.8. The quantitative estimate of drug-likeness (QED) is 0.0480. The van der Waals surface area contributed by atoms with Crippen LogP contribution in [0.2, 0.25) is 0 Å². The van der Waals surface area contributed by atoms with Crippen molar-refractivity contribution in [2.45, 2.75) is 11.8 Å². The lowest BCUT2D eigenvalue weighted by Crippen LogP contribution is -2.17. The van der Waals surface area contributed by atoms with Gasteiger partial charge in [0.25, 0.3) is 0 Å². The first-order chi connectivity index (χ1) is 32.0. The zero-order valence-electron chi connectivity index (χ0n) is 33.2. The van der Waals surface area contributed by atoms with Crippen LogP contribution in [-0.4, -0.2) is 29.6 Å². The zero-order chi connectivity index (χ0) is 51.8. The second-order valence-electron chi connectivity index (χ2n) is 13.7. The van der Waals surface area contributed by atoms with Crippen LogP contribution in [0.1, 0.15) is 17.3 Å². The molecule has 0 aliphatic carbocycles. The van der Waals surface area contributed by atoms with E-state index >= 15 is 52.7 Å². The van der Waals surface area contributed by atoms with Crippen LogP contribution in [-0.2, 0) is 8.98 Å². The number of halogens is 20. The molecule has 0 saturated heterocycles. The van der Waals surface area contributed by atoms with Crippen molar-refractivity contribution >= 4 is 22.2 Å². The average molecular weight is 1030 g/mol. The smallest absolute Gasteiger partial charge is 0.350 e. The minimum Gasteiger partial charge on any atom is -0.504 e. The summed E-state index contributed by atoms with van der Waals surface area (Å²) in [6.07, 6.45) is 1.77. The summed E-state index contributed by atoms with van der Waals surface area (Å²) in [4.78, 5) is 25.8. The van der Waals surface area contributed by atoms with Crippen LogP contribution in [0.4, 0.5) is 87.8 Å². The molecule has 7 nitrogen and oxygen atoms in total. The van der Waals surface area contributed by atoms with Crippen LogP contribution < -0.4 is 14.2 Å². The average Bonchev–Trinajstić information content (AvgIpc) is 3.30. The second-order valence-corrected chi connectivity index (χ2v) is 16.8. The number of phenols is 1. The predicted octanol–water partition coefficient (Wildman–Crippen LogP) is 13.2. The number of hydrogen-bond donors (Lipinski definition) is 1. The molecule has 0 bridgehead atoms. The highest BCUT2D eigenvalue weighted by atomic mass is 32.3. The summed E-state index contributed by atoms with van der Waals surface area (Å²) in [5.41, 5.74) is -13.8. The van der Waals surface area contributed by atoms with E-state index in [1.165, 1.54) is 0 Å². The molecule has 0 heterocycles. The Morgan fingerprint density at radius 1 is 0.406 bits per heavy atom. The summed E-state index contributed by atoms with van der Waals surface area (Å²) in [7, 11) is -3.65. The molecule has 0 atom stereocenters. The Balaban J connectivity index is 1.94. The topological polar surface area (TPSA) is 91.3 Å². The molecule has 28 heteroatoms. The lowest BCUT2D eigenvalue weighted by molar-refractivity contribution is -0.131. The first kappa shape index (κ1) is 51.0. The molecule has 6 aromatic carbocycles. The van der Waals surface area contributed by atoms with Crippen LogP contribution in [0.3, 0.4) is 0 Å². The maximum absolute atomic E-state index is 16.2. The molecular formula is C41H14F20O7S. The fourth-order valence-electron chi connectivity index (χ4n) is 6.05. The minimum absolute atomic E-state index is 0.237. The van der Waals surface area contributed by atoms with Crippen LogP contribution in [0.5, 0.6) is 34.5 Å². The summed E-state index contributed by atoms with van der Waals surface area (Å²) >= 11 is 0. The molecule has 69 heavy (non-hydrogen) atoms. The van der Waals surface area contributed by atoms with E-state index in [0.29, 0.717) is 0 Å². The van der Waals surface area contributed by atoms with Gasteiger partial charge in [-0.3, -0.25) is 4.79 Å². The number of aromatic hydroxyl groups is 1. The van der Waals surface area contributed by atoms with Gasteiger partial charge in [-0.05, 0) is 24.3 Å². The third kappa shape index (κ3) is 8.38. The molecule has 366 valence electrons. The molecule has 1 N–H and O–H groups in total. The van der Waals surface area contributed by atoms with Crippen LogP contribution in [0, 0.1) is 116 Å². The van der Waals surface area contributed by atoms with E-state index in [4.69, 9.17) is 8.92 Å². The van der Waals surface area contributed by atoms with Gasteiger partial charge >= 0.3 is 11.9 Å². The van der Waals surface area contributed by atoms with Crippen molar-refractivity contribution in [2.24, 2.45) is 0 Å². The summed E-state index contributed by atoms with van der Waals surface area (Å²) in [6, 6.07) is 3.89. The molecule has 6 aromatic rings. The number of carbonyl (C=O) groups excluding carboxylic acids is 2. The number of carbonyl (C=O) groups is 2. The zero-order valence-corrected chi connectivity index (χ0v) is 34.0. The highest BCUT2D eigenvalue weighted by Crippen LogP contribution is 2.60. The van der Waals surface area contributed by atoms with E-state index in [2.05, 4.69) is 9.47 Å². The van der Waals surface area contributed by atoms with Crippen molar-refractivity contribution in [3.63, 3.8) is 0 Å². The van der Waals surface area contributed by atoms with Gasteiger partial charge < -0.3 is 23.5 Å². The Labute approximate surface area is 370 Å². The summed E-state index contributed by atoms with van der Waals surface area (Å²) in [5, 5.41) is 11.7. The molecule has 0 saturated carbocycles. The Kier molecular flexibility index (Phi) is 13.5. The van der Waals surface area contributed by atoms with Gasteiger partial charge in [0.05, 0.1) is 16.7 Å². The Morgan fingerprint density at radius 2 is 0.710 bits per heavy atom. The van der Waals surface area contributed by atoms with Crippen molar-refractivity contribution in [1.82, 2.24) is 0 Å². The molecule has 0 aliphatic rings. The standard InChI is InChI=1S/C41H14F20O7S/c1-8(62)65-9-4-6-10(7-5-9)69(2,3)68-41(64)13-11(14-16(42)20(46)24(50)21(47)17(14)43)36(63)40(67-39-34(60)30(56)27(53)31(57)35(39)61)37(66-38-32(58)28(54)26(52)29(55)33(38)59)12(13)15-18(44)22(48)25(51)23(49)19(15)45/h4-7,63H,1-3H3. The van der Waals surface area contributed by atoms with Crippen LogP contribution >= 0.6 is 10.3 Å². The largest absolute Gasteiger partial charge is 0.504 e. The van der Waals surface area contributed by atoms with Crippen LogP contribution in [0.15, 0.2) is 29.2 Å². The first-order valence-electron chi connectivity index (χ1n) is 17.6. The molecule has 0 spiro atoms. The Bertz CT molecular complexity index is 3100. The van der Waals surface area contributed by atoms with Gasteiger partial charge in [-0.1, -0.05) is 10.3 Å². The fourth-order valence-corrected chi connectivity index (χ4v) is 7.40. The predicted molar refractivity (Wildman–Crippen MR) is 192 cm³/mol. The van der Waals surface area contributed by atoms with Crippen molar-refractivity contribution in [1.29, 1.82) is 0 Å². The van der Waals surface area contributed by atoms with Gasteiger partial charge in [0.15, 0.2) is 58.0 Å². The minimum atomic E-state index is -3.65. The third-order valence-corrected chi connectivity index (χ3v) is 11.2. The maximum Gasteiger partial charge on any atom is 0.350 e. The lowest BCUT2D eigenvalue weighted by Gasteiger charge is -2.32. The van der Waals surface area contributed by atoms with Crippen molar-refractivity contribution < 1.29 is 121 Å². The van der Waals surface area contributed by atoms with E-state index in [-0.39, 0.29) is 10.6 Å². The van der Waals surface area contributed by atoms with Gasteiger partial charge in [0.2, 0.25) is 87.1 Å². The van der Waals surface area contributed by atoms with Crippen LogP contribution in [0.25, 0.3) is 22.3 Å². The SMILES string of the molecule is CC(=O)Oc1ccc(S(C)(C)OC(=O)c2c(-c3c(F)c(F)c(F)c(F)c3F)c(O)c(Oc3c(F)c(F)c(F)c(F)c3F)c(Oc3c(F)c(F)c(F)c(F)c3F)c2-c2c(F)c(F)c(F)c(F)c2F)cc1. The number of hydrogen-bond acceptors (Lipinski definition) is 7. The molecule has 0 radical (unpaired) electrons. The third-order valence-electron chi connectivity index (χ3n) is 9.19. The van der Waals surface area contributed by atoms with Crippen molar-refractivity contribution in [3.8, 4) is 56.8 Å². The first-order valence-corrected chi connectivity index (χ1v) is 20.0. The van der Waals surface area contributed by atoms with Gasteiger partial charge in [-0.15, -0.1) is 0 Å². The molecule has 0 aromatic heterocycles. The highest BCUT2D eigenvalue weighted by molar-refractivity contribution is 8.29. The normalized spacial score (nSPS) is 11.8. The second kappa shape index (κ2) is 18.3. The van der Waals surface area contributed by atoms with E-state index in [9.17, 15) is 49.8 Å². The number of esters is 1. The number of ether oxygens (including phenoxy) is 3. The van der Waals surface area contributed by atoms with Crippen molar-refractivity contribution in [3.05, 3.63) is 146 Å². The van der Waals surface area contributed by atoms with Gasteiger partial charge in [0, 0.05) is 35.5 Å². The van der Waals surface area contributed by atoms with Crippen molar-refractivity contribution in [2.75, 3.05) is 12.5 Å². The van der Waals surface area contributed by atoms with E-state index in [1.54, 1.807) is 0 Å². The number of benzene rings is 6. The number of phenolic OH excluding ortho intramolecular Hbond substituents is 1. The molecule has 0 amide bonds. The Morgan fingerprint density at radius 3 is 1.06 bits per heavy atom. The summed E-state index contributed by atoms with van der Waals surface area (Å²) < 4.78 is 321. The fraction of sp³-hybridized carbons (Fsp3) is 0.0732. The van der Waals surface area contributed by atoms with E-state index in [1.807, 2.05) is 0 Å². The van der Waals surface area contributed by atoms with E-state index in [0.717, 1.165) is 43.7 Å². The lowest BCUT2D eigenvalue weighted by atomic mass is 9.88. The monoisotopic (exact) mass is 1030 g/mol. The maximum atomic E-state index is 16.2. The van der Waals surface area contributed by atoms with E-state index < -0.39 is 195 Å². The van der Waals surface area contributed by atoms with Gasteiger partial charge in [-0.2, -0.15) is 17.6 Å². The van der Waals surface area contributed by atoms with Gasteiger partial charge in [0.1, 0.15) is 5.75 Å². The van der Waals surface area contributed by atoms with Gasteiger partial charge in [-0.25, -0.2) is 75.0 Å². The molecule has 0 aliphatic heterocycles. The molecule has 0 fully saturated rings.